The number of hydrogen-bond donors (Lipinski definition) is 0. The van der Waals surface area contributed by atoms with E-state index in [9.17, 15) is 5.11 Å². The summed E-state index contributed by atoms with van der Waals surface area (Å²) in [5.41, 5.74) is 0. The molecule has 0 aromatic rings. The van der Waals surface area contributed by atoms with E-state index < -0.39 is 0 Å². The molecule has 0 aliphatic carbocycles. The Morgan fingerprint density at radius 3 is 2.17 bits per heavy atom. The van der Waals surface area contributed by atoms with Crippen molar-refractivity contribution in [2.45, 2.75) is 6.92 Å². The van der Waals surface area contributed by atoms with E-state index in [-0.39, 0.29) is 36.2 Å². The van der Waals surface area contributed by atoms with Crippen molar-refractivity contribution in [3.05, 3.63) is 0 Å². The zero-order valence-corrected chi connectivity index (χ0v) is 6.12. The predicted molar refractivity (Wildman–Crippen MR) is 18.3 cm³/mol. The van der Waals surface area contributed by atoms with Crippen LogP contribution in [0.5, 0.6) is 0 Å². The molecule has 0 heterocycles. The third kappa shape index (κ3) is 8.82. The van der Waals surface area contributed by atoms with E-state index >= 15 is 0 Å². The molecule has 0 aliphatic rings. The van der Waals surface area contributed by atoms with Gasteiger partial charge < -0.3 is 5.11 Å². The number of hydrogen-bond acceptors (Lipinski definition) is 1. The Balaban J connectivity index is 0. The summed E-state index contributed by atoms with van der Waals surface area (Å²) >= 11 is 0. The molecule has 0 N–H and O–H groups in total. The summed E-state index contributed by atoms with van der Waals surface area (Å²) in [6.45, 7) is 1.38. The zero-order valence-electron chi connectivity index (χ0n) is 4.12. The Hall–Kier alpha value is 0.520. The number of rotatable bonds is 0. The fourth-order valence-electron chi connectivity index (χ4n) is 0.0722. The van der Waals surface area contributed by atoms with Crippen LogP contribution in [0.1, 0.15) is 6.92 Å². The van der Waals surface area contributed by atoms with Gasteiger partial charge in [0.2, 0.25) is 0 Å². The van der Waals surface area contributed by atoms with E-state index in [2.05, 4.69) is 11.8 Å². The summed E-state index contributed by atoms with van der Waals surface area (Å²) in [4.78, 5) is 0. The molecule has 28 valence electrons. The van der Waals surface area contributed by atoms with Crippen LogP contribution in [-0.2, 0) is 0 Å². The van der Waals surface area contributed by atoms with Crippen molar-refractivity contribution in [3.8, 4) is 11.8 Å². The molecule has 0 unspecified atom stereocenters. The van der Waals surface area contributed by atoms with Crippen LogP contribution in [0.4, 0.5) is 0 Å². The van der Waals surface area contributed by atoms with Crippen molar-refractivity contribution >= 4 is 0 Å². The van der Waals surface area contributed by atoms with Crippen LogP contribution in [0.25, 0.3) is 0 Å². The fourth-order valence-corrected chi connectivity index (χ4v) is 0.0722. The van der Waals surface area contributed by atoms with E-state index in [1.54, 1.807) is 6.92 Å². The van der Waals surface area contributed by atoms with Crippen molar-refractivity contribution in [2.75, 3.05) is 6.61 Å². The molecular weight excluding hydrogens is 87.0 g/mol. The molecule has 6 heavy (non-hydrogen) atoms. The third-order valence-corrected chi connectivity index (χ3v) is 0.249. The molecule has 0 bridgehead atoms. The second kappa shape index (κ2) is 9.10. The first-order valence-corrected chi connectivity index (χ1v) is 1.39. The molecule has 0 radical (unpaired) electrons. The first-order chi connectivity index (χ1) is 2.41. The van der Waals surface area contributed by atoms with Crippen LogP contribution >= 0.6 is 0 Å². The Kier molecular flexibility index (Phi) is 14.8. The molecule has 0 rings (SSSR count). The Morgan fingerprint density at radius 2 is 2.17 bits per heavy atom. The van der Waals surface area contributed by atoms with Gasteiger partial charge in [0.05, 0.1) is 0 Å². The molecule has 0 spiro atoms. The van der Waals surface area contributed by atoms with E-state index in [4.69, 9.17) is 0 Å². The van der Waals surface area contributed by atoms with Gasteiger partial charge in [-0.3, -0.25) is 0 Å². The molecule has 0 saturated heterocycles. The first-order valence-electron chi connectivity index (χ1n) is 1.39. The Labute approximate surface area is 60.0 Å². The van der Waals surface area contributed by atoms with E-state index in [1.807, 2.05) is 0 Å². The van der Waals surface area contributed by atoms with Crippen LogP contribution in [0.2, 0.25) is 0 Å². The summed E-state index contributed by atoms with van der Waals surface area (Å²) in [5.74, 6) is 4.76. The van der Waals surface area contributed by atoms with Crippen molar-refractivity contribution in [1.82, 2.24) is 0 Å². The second-order valence-electron chi connectivity index (χ2n) is 0.571. The average Bonchev–Trinajstić information content (AvgIpc) is 1.41. The van der Waals surface area contributed by atoms with Crippen molar-refractivity contribution in [1.29, 1.82) is 0 Å². The molecule has 1 nitrogen and oxygen atoms in total. The Morgan fingerprint density at radius 1 is 1.67 bits per heavy atom. The summed E-state index contributed by atoms with van der Waals surface area (Å²) in [6, 6.07) is 0. The van der Waals surface area contributed by atoms with Gasteiger partial charge in [-0.1, -0.05) is 6.61 Å². The van der Waals surface area contributed by atoms with Crippen LogP contribution in [0.3, 0.4) is 0 Å². The molecule has 0 saturated carbocycles. The first kappa shape index (κ1) is 9.72. The minimum atomic E-state index is -0.267. The van der Waals surface area contributed by atoms with Gasteiger partial charge in [-0.05, 0) is 6.92 Å². The standard InChI is InChI=1S/C4H5O.Na/c1-2-3-4-5;/h4H2,1H3;/q-1;+1. The zero-order chi connectivity index (χ0) is 4.12. The van der Waals surface area contributed by atoms with Gasteiger partial charge in [0.1, 0.15) is 0 Å². The monoisotopic (exact) mass is 92.0 g/mol. The SMILES string of the molecule is CC#CC[O-].[Na+]. The Bertz CT molecular complexity index is 59.7. The molecule has 0 aliphatic heterocycles. The molecule has 0 aromatic carbocycles. The maximum Gasteiger partial charge on any atom is 1.00 e. The average molecular weight is 92.1 g/mol. The minimum Gasteiger partial charge on any atom is -0.845 e. The van der Waals surface area contributed by atoms with Gasteiger partial charge in [0, 0.05) is 0 Å². The van der Waals surface area contributed by atoms with E-state index in [1.165, 1.54) is 0 Å². The smallest absolute Gasteiger partial charge is 0.845 e. The molecule has 2 heteroatoms. The van der Waals surface area contributed by atoms with Crippen molar-refractivity contribution in [2.24, 2.45) is 0 Å². The minimum absolute atomic E-state index is 0. The molecule has 0 fully saturated rings. The van der Waals surface area contributed by atoms with Gasteiger partial charge in [-0.25, -0.2) is 0 Å². The molecule has 0 aromatic heterocycles. The largest absolute Gasteiger partial charge is 1.00 e. The molecule has 0 atom stereocenters. The van der Waals surface area contributed by atoms with Gasteiger partial charge >= 0.3 is 29.6 Å². The van der Waals surface area contributed by atoms with Crippen LogP contribution in [0.15, 0.2) is 0 Å². The second-order valence-corrected chi connectivity index (χ2v) is 0.571. The van der Waals surface area contributed by atoms with Gasteiger partial charge in [-0.2, -0.15) is 0 Å². The summed E-state index contributed by atoms with van der Waals surface area (Å²) < 4.78 is 0. The van der Waals surface area contributed by atoms with Crippen molar-refractivity contribution < 1.29 is 34.7 Å². The topological polar surface area (TPSA) is 23.1 Å². The van der Waals surface area contributed by atoms with Crippen LogP contribution in [0, 0.1) is 11.8 Å². The predicted octanol–water partition coefficient (Wildman–Crippen LogP) is -3.63. The normalized spacial score (nSPS) is 4.33. The van der Waals surface area contributed by atoms with Crippen LogP contribution in [-0.4, -0.2) is 6.61 Å². The summed E-state index contributed by atoms with van der Waals surface area (Å²) in [6.07, 6.45) is 0. The summed E-state index contributed by atoms with van der Waals surface area (Å²) in [7, 11) is 0. The van der Waals surface area contributed by atoms with Gasteiger partial charge in [0.25, 0.3) is 0 Å². The van der Waals surface area contributed by atoms with Gasteiger partial charge in [0.15, 0.2) is 0 Å². The van der Waals surface area contributed by atoms with E-state index in [0.29, 0.717) is 0 Å². The van der Waals surface area contributed by atoms with Gasteiger partial charge in [-0.15, -0.1) is 11.8 Å². The quantitative estimate of drug-likeness (QED) is 0.223. The molecular formula is C4H5NaO. The van der Waals surface area contributed by atoms with E-state index in [0.717, 1.165) is 0 Å². The maximum atomic E-state index is 9.36. The molecule has 0 amide bonds. The maximum absolute atomic E-state index is 9.36. The fraction of sp³-hybridized carbons (Fsp3) is 0.500. The van der Waals surface area contributed by atoms with Crippen LogP contribution < -0.4 is 34.7 Å². The van der Waals surface area contributed by atoms with Crippen molar-refractivity contribution in [3.63, 3.8) is 0 Å². The summed E-state index contributed by atoms with van der Waals surface area (Å²) in [5, 5.41) is 9.36. The third-order valence-electron chi connectivity index (χ3n) is 0.249.